The Hall–Kier alpha value is -0.380. The van der Waals surface area contributed by atoms with Crippen molar-refractivity contribution in [1.29, 1.82) is 0 Å². The van der Waals surface area contributed by atoms with Crippen LogP contribution in [0.3, 0.4) is 0 Å². The molecule has 3 heteroatoms. The molecule has 33 heavy (non-hydrogen) atoms. The van der Waals surface area contributed by atoms with Gasteiger partial charge < -0.3 is 15.3 Å². The molecule has 0 aromatic rings. The van der Waals surface area contributed by atoms with Crippen molar-refractivity contribution in [2.45, 2.75) is 131 Å². The van der Waals surface area contributed by atoms with E-state index < -0.39 is 5.60 Å². The molecule has 2 unspecified atom stereocenters. The van der Waals surface area contributed by atoms with Crippen LogP contribution in [-0.2, 0) is 0 Å². The van der Waals surface area contributed by atoms with Crippen molar-refractivity contribution in [1.82, 2.24) is 0 Å². The van der Waals surface area contributed by atoms with E-state index in [1.807, 2.05) is 6.92 Å². The minimum absolute atomic E-state index is 0.0503. The molecule has 0 aliphatic heterocycles. The number of aliphatic hydroxyl groups is 3. The van der Waals surface area contributed by atoms with Crippen LogP contribution in [-0.4, -0.2) is 33.1 Å². The Labute approximate surface area is 203 Å². The van der Waals surface area contributed by atoms with E-state index in [0.29, 0.717) is 11.8 Å². The lowest BCUT2D eigenvalue weighted by atomic mass is 9.35. The van der Waals surface area contributed by atoms with Crippen molar-refractivity contribution < 1.29 is 15.3 Å². The molecular formula is C30H52O3. The lowest BCUT2D eigenvalue weighted by Gasteiger charge is -2.70. The third kappa shape index (κ3) is 3.61. The average Bonchev–Trinajstić information content (AvgIpc) is 3.08. The highest BCUT2D eigenvalue weighted by molar-refractivity contribution is 5.20. The number of rotatable bonds is 4. The van der Waals surface area contributed by atoms with Gasteiger partial charge in [-0.05, 0) is 124 Å². The summed E-state index contributed by atoms with van der Waals surface area (Å²) in [5.74, 6) is 1.31. The third-order valence-corrected chi connectivity index (χ3v) is 12.4. The van der Waals surface area contributed by atoms with Crippen LogP contribution in [0.1, 0.15) is 113 Å². The summed E-state index contributed by atoms with van der Waals surface area (Å²) >= 11 is 0. The maximum atomic E-state index is 11.8. The second-order valence-corrected chi connectivity index (χ2v) is 14.5. The van der Waals surface area contributed by atoms with Crippen LogP contribution in [0.4, 0.5) is 0 Å². The topological polar surface area (TPSA) is 60.7 Å². The van der Waals surface area contributed by atoms with Crippen molar-refractivity contribution in [3.8, 4) is 0 Å². The third-order valence-electron chi connectivity index (χ3n) is 12.4. The smallest absolute Gasteiger partial charge is 0.0654 e. The monoisotopic (exact) mass is 460 g/mol. The SMILES string of the molecule is CC(C)=CCC[C@@](C)(O)[C@H]1CC[C@@]2(C)C1[C@H](O)C[C@@H]1[C@@]3(C)CC[C@H](O)C(C)(C)C3CC[C@]12C. The van der Waals surface area contributed by atoms with Crippen LogP contribution >= 0.6 is 0 Å². The normalized spacial score (nSPS) is 50.5. The molecule has 190 valence electrons. The summed E-state index contributed by atoms with van der Waals surface area (Å²) in [5.41, 5.74) is 0.885. The van der Waals surface area contributed by atoms with Crippen LogP contribution in [0.5, 0.6) is 0 Å². The van der Waals surface area contributed by atoms with Gasteiger partial charge in [-0.25, -0.2) is 0 Å². The van der Waals surface area contributed by atoms with Gasteiger partial charge in [-0.15, -0.1) is 0 Å². The standard InChI is InChI=1S/C30H52O3/c1-19(2)10-9-14-30(8,33)20-11-16-29(7)25(20)21(31)18-23-27(5)15-13-24(32)26(3,4)22(27)12-17-28(23,29)6/h10,20-25,31-33H,9,11-18H2,1-8H3/t20-,21+,22?,23+,24-,25?,27-,28+,29-,30+/m0/s1. The van der Waals surface area contributed by atoms with Crippen molar-refractivity contribution >= 4 is 0 Å². The number of allylic oxidation sites excluding steroid dienone is 2. The summed E-state index contributed by atoms with van der Waals surface area (Å²) in [7, 11) is 0. The first kappa shape index (κ1) is 25.7. The van der Waals surface area contributed by atoms with Gasteiger partial charge in [0.25, 0.3) is 0 Å². The Kier molecular flexibility index (Phi) is 6.28. The van der Waals surface area contributed by atoms with E-state index in [4.69, 9.17) is 0 Å². The van der Waals surface area contributed by atoms with Gasteiger partial charge in [0.05, 0.1) is 17.8 Å². The molecule has 4 rings (SSSR count). The minimum atomic E-state index is -0.739. The highest BCUT2D eigenvalue weighted by atomic mass is 16.3. The van der Waals surface area contributed by atoms with Gasteiger partial charge in [0.1, 0.15) is 0 Å². The van der Waals surface area contributed by atoms with Gasteiger partial charge >= 0.3 is 0 Å². The summed E-state index contributed by atoms with van der Waals surface area (Å²) in [6.07, 6.45) is 10.6. The van der Waals surface area contributed by atoms with Gasteiger partial charge in [0.2, 0.25) is 0 Å². The maximum Gasteiger partial charge on any atom is 0.0654 e. The predicted molar refractivity (Wildman–Crippen MR) is 136 cm³/mol. The molecule has 0 saturated heterocycles. The van der Waals surface area contributed by atoms with Crippen LogP contribution in [0.25, 0.3) is 0 Å². The van der Waals surface area contributed by atoms with Crippen LogP contribution in [0.2, 0.25) is 0 Å². The van der Waals surface area contributed by atoms with Gasteiger partial charge in [0, 0.05) is 0 Å². The Bertz CT molecular complexity index is 779. The summed E-state index contributed by atoms with van der Waals surface area (Å²) in [6, 6.07) is 0. The van der Waals surface area contributed by atoms with E-state index in [1.165, 1.54) is 18.4 Å². The highest BCUT2D eigenvalue weighted by Crippen LogP contribution is 2.75. The number of hydrogen-bond donors (Lipinski definition) is 3. The molecule has 0 bridgehead atoms. The summed E-state index contributed by atoms with van der Waals surface area (Å²) in [5, 5.41) is 34.3. The molecule has 4 aliphatic carbocycles. The average molecular weight is 461 g/mol. The Balaban J connectivity index is 1.66. The zero-order chi connectivity index (χ0) is 24.6. The van der Waals surface area contributed by atoms with E-state index in [2.05, 4.69) is 54.5 Å². The fourth-order valence-electron chi connectivity index (χ4n) is 10.3. The summed E-state index contributed by atoms with van der Waals surface area (Å²) < 4.78 is 0. The fraction of sp³-hybridized carbons (Fsp3) is 0.933. The molecular weight excluding hydrogens is 408 g/mol. The fourth-order valence-corrected chi connectivity index (χ4v) is 10.3. The van der Waals surface area contributed by atoms with E-state index in [9.17, 15) is 15.3 Å². The lowest BCUT2D eigenvalue weighted by Crippen LogP contribution is -2.66. The van der Waals surface area contributed by atoms with E-state index in [0.717, 1.165) is 44.9 Å². The first-order valence-corrected chi connectivity index (χ1v) is 13.8. The van der Waals surface area contributed by atoms with Crippen molar-refractivity contribution in [2.75, 3.05) is 0 Å². The minimum Gasteiger partial charge on any atom is -0.393 e. The molecule has 0 heterocycles. The van der Waals surface area contributed by atoms with Gasteiger partial charge in [0.15, 0.2) is 0 Å². The largest absolute Gasteiger partial charge is 0.393 e. The van der Waals surface area contributed by atoms with Crippen LogP contribution in [0.15, 0.2) is 11.6 Å². The highest BCUT2D eigenvalue weighted by Gasteiger charge is 2.71. The first-order valence-electron chi connectivity index (χ1n) is 13.8. The Morgan fingerprint density at radius 2 is 1.55 bits per heavy atom. The van der Waals surface area contributed by atoms with E-state index in [-0.39, 0.29) is 45.7 Å². The lowest BCUT2D eigenvalue weighted by molar-refractivity contribution is -0.246. The van der Waals surface area contributed by atoms with Gasteiger partial charge in [-0.3, -0.25) is 0 Å². The molecule has 0 spiro atoms. The summed E-state index contributed by atoms with van der Waals surface area (Å²) in [4.78, 5) is 0. The molecule has 10 atom stereocenters. The molecule has 0 aromatic heterocycles. The predicted octanol–water partition coefficient (Wildman–Crippen LogP) is 6.50. The molecule has 0 aromatic carbocycles. The van der Waals surface area contributed by atoms with Gasteiger partial charge in [-0.2, -0.15) is 0 Å². The Morgan fingerprint density at radius 3 is 2.18 bits per heavy atom. The molecule has 4 fully saturated rings. The van der Waals surface area contributed by atoms with Gasteiger partial charge in [-0.1, -0.05) is 46.3 Å². The molecule has 4 saturated carbocycles. The molecule has 3 N–H and O–H groups in total. The molecule has 3 nitrogen and oxygen atoms in total. The number of fused-ring (bicyclic) bond motifs is 5. The van der Waals surface area contributed by atoms with E-state index in [1.54, 1.807) is 0 Å². The quantitative estimate of drug-likeness (QED) is 0.420. The van der Waals surface area contributed by atoms with Crippen molar-refractivity contribution in [3.63, 3.8) is 0 Å². The first-order chi connectivity index (χ1) is 15.1. The number of hydrogen-bond acceptors (Lipinski definition) is 3. The van der Waals surface area contributed by atoms with E-state index >= 15 is 0 Å². The van der Waals surface area contributed by atoms with Crippen LogP contribution in [0, 0.1) is 45.3 Å². The maximum absolute atomic E-state index is 11.8. The van der Waals surface area contributed by atoms with Crippen LogP contribution < -0.4 is 0 Å². The Morgan fingerprint density at radius 1 is 0.909 bits per heavy atom. The van der Waals surface area contributed by atoms with Crippen molar-refractivity contribution in [2.24, 2.45) is 45.3 Å². The molecule has 0 radical (unpaired) electrons. The second kappa shape index (κ2) is 8.07. The van der Waals surface area contributed by atoms with Crippen molar-refractivity contribution in [3.05, 3.63) is 11.6 Å². The zero-order valence-electron chi connectivity index (χ0n) is 22.7. The number of aliphatic hydroxyl groups excluding tert-OH is 2. The second-order valence-electron chi connectivity index (χ2n) is 14.5. The zero-order valence-corrected chi connectivity index (χ0v) is 22.7. The summed E-state index contributed by atoms with van der Waals surface area (Å²) in [6.45, 7) is 18.3. The molecule has 4 aliphatic rings. The molecule has 0 amide bonds.